The van der Waals surface area contributed by atoms with Gasteiger partial charge in [0.2, 0.25) is 5.95 Å². The van der Waals surface area contributed by atoms with Gasteiger partial charge in [0, 0.05) is 17.8 Å². The van der Waals surface area contributed by atoms with E-state index in [-0.39, 0.29) is 107 Å². The molecule has 4 aromatic rings. The molecular weight excluding hydrogens is 666 g/mol. The Labute approximate surface area is 325 Å². The third kappa shape index (κ3) is 10.1. The number of hydrogen-bond acceptors (Lipinski definition) is 16. The minimum absolute atomic E-state index is 0. The summed E-state index contributed by atoms with van der Waals surface area (Å²) >= 11 is 0. The fourth-order valence-corrected chi connectivity index (χ4v) is 5.82. The maximum Gasteiger partial charge on any atom is 1.00 e. The van der Waals surface area contributed by atoms with Crippen molar-refractivity contribution in [2.24, 2.45) is 29.0 Å². The van der Waals surface area contributed by atoms with Crippen molar-refractivity contribution in [3.63, 3.8) is 0 Å². The first kappa shape index (κ1) is 44.1. The maximum absolute atomic E-state index is 11.8. The number of anilines is 2. The Morgan fingerprint density at radius 1 is 0.878 bits per heavy atom. The van der Waals surface area contributed by atoms with Crippen molar-refractivity contribution in [1.82, 2.24) is 34.1 Å². The van der Waals surface area contributed by atoms with Crippen LogP contribution in [-0.4, -0.2) is 52.2 Å². The number of fused-ring (bicyclic) bond motifs is 2. The van der Waals surface area contributed by atoms with Crippen molar-refractivity contribution >= 4 is 40.3 Å². The molecule has 49 heavy (non-hydrogen) atoms. The molecule has 0 bridgehead atoms. The van der Waals surface area contributed by atoms with E-state index in [0.29, 0.717) is 40.5 Å². The summed E-state index contributed by atoms with van der Waals surface area (Å²) in [5.41, 5.74) is 11.6. The van der Waals surface area contributed by atoms with Crippen LogP contribution in [0.3, 0.4) is 0 Å². The number of H-pyrrole nitrogens is 1. The van der Waals surface area contributed by atoms with Gasteiger partial charge in [-0.1, -0.05) is 41.5 Å². The second-order valence-electron chi connectivity index (χ2n) is 11.4. The third-order valence-corrected chi connectivity index (χ3v) is 8.54. The number of nitrogens with two attached hydrogens (primary N) is 2. The van der Waals surface area contributed by atoms with Crippen LogP contribution in [0.15, 0.2) is 32.0 Å². The monoisotopic (exact) mass is 706 g/mol. The van der Waals surface area contributed by atoms with Gasteiger partial charge in [0.15, 0.2) is 22.3 Å². The van der Waals surface area contributed by atoms with Gasteiger partial charge in [-0.25, -0.2) is 14.8 Å². The fraction of sp³-hybridized carbons (Fsp3) is 0.607. The standard InChI is InChI=1S/C13H19N5O2.C13H18N4O3.C2H4O2.HNO2.2Na/c1-4-8-6(2)7(3)12(20-8)18-5-15-9-10(18)16-13(14)17-11(9)19;1-4-8-6(2)7(3)11(19-8)17-5-15-9-10(17)16-13(14)20-12(9)18;1-2(3)4;2-1-3;;/h5-8,12H,4H2,1-3H3,(H3,14,16,17,19);5-8,11H,4H2,1-3H3,(H2,14,16);1H3,(H,3,4);(H,2,3);;/q;;;;2*+1/p-2/t6-,7?,8-,12-;6-,7?,8-,11-;;;;/m11..../s1. The average molecular weight is 707 g/mol. The number of aromatic amines is 1. The van der Waals surface area contributed by atoms with E-state index >= 15 is 0 Å². The van der Waals surface area contributed by atoms with Crippen LogP contribution < -0.4 is 86.9 Å². The summed E-state index contributed by atoms with van der Waals surface area (Å²) in [6, 6.07) is -0.157. The first-order valence-corrected chi connectivity index (χ1v) is 15.0. The molecule has 2 fully saturated rings. The summed E-state index contributed by atoms with van der Waals surface area (Å²) in [4.78, 5) is 59.3. The minimum atomic E-state index is -1.08. The van der Waals surface area contributed by atoms with E-state index in [1.807, 2.05) is 4.57 Å². The molecule has 0 radical (unpaired) electrons. The van der Waals surface area contributed by atoms with E-state index in [1.54, 1.807) is 17.2 Å². The summed E-state index contributed by atoms with van der Waals surface area (Å²) in [6.07, 6.45) is 5.16. The van der Waals surface area contributed by atoms with E-state index in [2.05, 4.69) is 66.5 Å². The predicted molar refractivity (Wildman–Crippen MR) is 168 cm³/mol. The number of carboxylic acid groups (broad SMARTS) is 1. The molecule has 0 aliphatic carbocycles. The van der Waals surface area contributed by atoms with Crippen LogP contribution in [0.1, 0.15) is 73.8 Å². The smallest absolute Gasteiger partial charge is 0.550 e. The van der Waals surface area contributed by atoms with Crippen molar-refractivity contribution in [1.29, 1.82) is 0 Å². The number of aliphatic carboxylic acids is 1. The summed E-state index contributed by atoms with van der Waals surface area (Å²) in [7, 11) is 0. The topological polar surface area (TPSA) is 288 Å². The zero-order valence-corrected chi connectivity index (χ0v) is 33.1. The van der Waals surface area contributed by atoms with Crippen LogP contribution in [-0.2, 0) is 14.3 Å². The van der Waals surface area contributed by atoms with Crippen LogP contribution >= 0.6 is 0 Å². The number of ether oxygens (including phenoxy) is 2. The summed E-state index contributed by atoms with van der Waals surface area (Å²) in [5.74, 6) is 0.504. The Kier molecular flexibility index (Phi) is 17.5. The van der Waals surface area contributed by atoms with E-state index < -0.39 is 11.6 Å². The van der Waals surface area contributed by atoms with Crippen molar-refractivity contribution in [2.75, 3.05) is 11.5 Å². The van der Waals surface area contributed by atoms with Crippen molar-refractivity contribution in [3.8, 4) is 0 Å². The van der Waals surface area contributed by atoms with Crippen LogP contribution in [0.4, 0.5) is 12.0 Å². The quantitative estimate of drug-likeness (QED) is 0.103. The fourth-order valence-electron chi connectivity index (χ4n) is 5.82. The molecule has 2 unspecified atom stereocenters. The normalized spacial score (nSPS) is 25.4. The van der Waals surface area contributed by atoms with Crippen molar-refractivity contribution < 1.29 is 82.9 Å². The van der Waals surface area contributed by atoms with Gasteiger partial charge in [-0.15, -0.1) is 5.34 Å². The number of carbonyl (C=O) groups excluding carboxylic acids is 1. The van der Waals surface area contributed by atoms with Gasteiger partial charge < -0.3 is 45.4 Å². The number of hydrogen-bond donors (Lipinski definition) is 3. The van der Waals surface area contributed by atoms with Gasteiger partial charge in [-0.3, -0.25) is 18.9 Å². The zero-order chi connectivity index (χ0) is 35.2. The van der Waals surface area contributed by atoms with Crippen LogP contribution in [0.25, 0.3) is 22.3 Å². The largest absolute Gasteiger partial charge is 1.00 e. The van der Waals surface area contributed by atoms with E-state index in [1.165, 1.54) is 0 Å². The molecule has 2 aliphatic heterocycles. The van der Waals surface area contributed by atoms with Gasteiger partial charge >= 0.3 is 64.7 Å². The van der Waals surface area contributed by atoms with Gasteiger partial charge in [0.25, 0.3) is 11.6 Å². The molecule has 0 amide bonds. The number of rotatable bonds is 4. The van der Waals surface area contributed by atoms with E-state index in [9.17, 15) is 9.59 Å². The maximum atomic E-state index is 11.8. The van der Waals surface area contributed by atoms with Gasteiger partial charge in [0.1, 0.15) is 12.5 Å². The zero-order valence-electron chi connectivity index (χ0n) is 29.1. The summed E-state index contributed by atoms with van der Waals surface area (Å²) < 4.78 is 20.5. The molecule has 4 aromatic heterocycles. The van der Waals surface area contributed by atoms with Gasteiger partial charge in [-0.2, -0.15) is 9.97 Å². The van der Waals surface area contributed by atoms with Gasteiger partial charge in [-0.05, 0) is 31.6 Å². The molecule has 258 valence electrons. The van der Waals surface area contributed by atoms with Crippen molar-refractivity contribution in [3.05, 3.63) is 43.5 Å². The third-order valence-electron chi connectivity index (χ3n) is 8.54. The molecule has 19 nitrogen and oxygen atoms in total. The number of nitrogen functional groups attached to an aromatic ring is 2. The number of aromatic nitrogens is 7. The molecule has 0 aromatic carbocycles. The Balaban J connectivity index is 0.000000399. The molecular formula is C28H40N10Na2O9. The average Bonchev–Trinajstić information content (AvgIpc) is 3.75. The van der Waals surface area contributed by atoms with E-state index in [0.717, 1.165) is 25.1 Å². The molecule has 6 rings (SSSR count). The Morgan fingerprint density at radius 3 is 1.69 bits per heavy atom. The molecule has 0 saturated carbocycles. The molecule has 8 atom stereocenters. The number of carbonyl (C=O) groups is 1. The number of nitrogens with zero attached hydrogens (tertiary/aromatic N) is 7. The Hall–Kier alpha value is -2.91. The SMILES string of the molecule is CC(=O)[O-].CC[C@H]1O[C@@H](n2cnc3c(=O)[nH]c(N)nc32)C(C)[C@H]1C.CC[C@H]1O[C@@H](n2cnc3c(=O)oc(N)nc32)C(C)[C@H]1C.O=N[O-].[Na+].[Na+]. The second kappa shape index (κ2) is 19.5. The Bertz CT molecular complexity index is 1670. The van der Waals surface area contributed by atoms with Crippen LogP contribution in [0.5, 0.6) is 0 Å². The molecule has 6 heterocycles. The Morgan fingerprint density at radius 2 is 1.29 bits per heavy atom. The van der Waals surface area contributed by atoms with Gasteiger partial charge in [0.05, 0.1) is 24.9 Å². The van der Waals surface area contributed by atoms with Crippen LogP contribution in [0, 0.1) is 33.8 Å². The molecule has 0 spiro atoms. The number of nitrogens with one attached hydrogen (secondary N) is 1. The van der Waals surface area contributed by atoms with Crippen molar-refractivity contribution in [2.45, 2.75) is 86.0 Å². The molecule has 2 aliphatic rings. The van der Waals surface area contributed by atoms with Crippen LogP contribution in [0.2, 0.25) is 0 Å². The molecule has 5 N–H and O–H groups in total. The number of imidazole rings is 2. The summed E-state index contributed by atoms with van der Waals surface area (Å²) in [5, 5.41) is 17.9. The first-order chi connectivity index (χ1) is 22.2. The van der Waals surface area contributed by atoms with E-state index in [4.69, 9.17) is 45.4 Å². The number of carboxylic acids is 1. The summed E-state index contributed by atoms with van der Waals surface area (Å²) in [6.45, 7) is 13.8. The first-order valence-electron chi connectivity index (χ1n) is 15.0. The minimum Gasteiger partial charge on any atom is -0.550 e. The predicted octanol–water partition coefficient (Wildman–Crippen LogP) is -4.16. The second-order valence-corrected chi connectivity index (χ2v) is 11.4. The molecule has 2 saturated heterocycles. The molecule has 21 heteroatoms.